The number of esters is 1. The maximum atomic E-state index is 11.3. The number of carbonyl (C=O) groups excluding carboxylic acids is 1. The van der Waals surface area contributed by atoms with Gasteiger partial charge in [0, 0.05) is 19.0 Å². The third kappa shape index (κ3) is 2.64. The molecule has 1 saturated heterocycles. The molecule has 1 N–H and O–H groups in total. The van der Waals surface area contributed by atoms with Crippen molar-refractivity contribution in [1.29, 1.82) is 0 Å². The molecule has 19 heavy (non-hydrogen) atoms. The number of anilines is 1. The first-order valence-electron chi connectivity index (χ1n) is 5.91. The van der Waals surface area contributed by atoms with Crippen LogP contribution in [0.4, 0.5) is 5.82 Å². The number of methoxy groups -OCH3 is 1. The second-order valence-electron chi connectivity index (χ2n) is 4.55. The van der Waals surface area contributed by atoms with Gasteiger partial charge in [-0.05, 0) is 0 Å². The number of ether oxygens (including phenoxy) is 1. The number of hydrogen-bond donors (Lipinski definition) is 1. The lowest BCUT2D eigenvalue weighted by Crippen LogP contribution is -2.51. The third-order valence-electron chi connectivity index (χ3n) is 3.35. The molecule has 0 spiro atoms. The van der Waals surface area contributed by atoms with E-state index >= 15 is 0 Å². The van der Waals surface area contributed by atoms with E-state index in [9.17, 15) is 9.59 Å². The highest BCUT2D eigenvalue weighted by Crippen LogP contribution is 2.27. The van der Waals surface area contributed by atoms with Crippen molar-refractivity contribution in [2.24, 2.45) is 11.8 Å². The highest BCUT2D eigenvalue weighted by molar-refractivity contribution is 5.87. The summed E-state index contributed by atoms with van der Waals surface area (Å²) < 4.78 is 4.58. The molecule has 0 bridgehead atoms. The summed E-state index contributed by atoms with van der Waals surface area (Å²) in [6.07, 6.45) is 2.89. The molecule has 1 aliphatic rings. The Morgan fingerprint density at radius 3 is 2.74 bits per heavy atom. The maximum absolute atomic E-state index is 11.3. The highest BCUT2D eigenvalue weighted by Gasteiger charge is 2.35. The molecule has 1 aromatic rings. The molecule has 102 valence electrons. The van der Waals surface area contributed by atoms with Gasteiger partial charge >= 0.3 is 11.9 Å². The fourth-order valence-electron chi connectivity index (χ4n) is 1.93. The largest absolute Gasteiger partial charge is 0.481 e. The SMILES string of the molecule is COC(=O)c1cncc(N2CC(C(C)C(=O)O)C2)n1. The van der Waals surface area contributed by atoms with Crippen LogP contribution in [0.1, 0.15) is 17.4 Å². The van der Waals surface area contributed by atoms with Crippen LogP contribution in [-0.4, -0.2) is 47.2 Å². The fourth-order valence-corrected chi connectivity index (χ4v) is 1.93. The van der Waals surface area contributed by atoms with Crippen molar-refractivity contribution in [2.45, 2.75) is 6.92 Å². The number of aliphatic carboxylic acids is 1. The predicted octanol–water partition coefficient (Wildman–Crippen LogP) is 0.420. The van der Waals surface area contributed by atoms with Gasteiger partial charge in [0.25, 0.3) is 0 Å². The monoisotopic (exact) mass is 265 g/mol. The van der Waals surface area contributed by atoms with Crippen molar-refractivity contribution in [3.63, 3.8) is 0 Å². The zero-order chi connectivity index (χ0) is 14.0. The van der Waals surface area contributed by atoms with Crippen molar-refractivity contribution in [2.75, 3.05) is 25.1 Å². The second kappa shape index (κ2) is 5.21. The molecular formula is C12H15N3O4. The van der Waals surface area contributed by atoms with Crippen LogP contribution >= 0.6 is 0 Å². The van der Waals surface area contributed by atoms with E-state index in [1.807, 2.05) is 4.90 Å². The highest BCUT2D eigenvalue weighted by atomic mass is 16.5. The lowest BCUT2D eigenvalue weighted by molar-refractivity contribution is -0.143. The van der Waals surface area contributed by atoms with Crippen LogP contribution in [0.3, 0.4) is 0 Å². The summed E-state index contributed by atoms with van der Waals surface area (Å²) in [5, 5.41) is 8.92. The summed E-state index contributed by atoms with van der Waals surface area (Å²) >= 11 is 0. The Bertz CT molecular complexity index is 500. The van der Waals surface area contributed by atoms with Gasteiger partial charge in [-0.25, -0.2) is 9.78 Å². The lowest BCUT2D eigenvalue weighted by Gasteiger charge is -2.41. The van der Waals surface area contributed by atoms with Gasteiger partial charge in [-0.2, -0.15) is 0 Å². The Morgan fingerprint density at radius 1 is 1.47 bits per heavy atom. The van der Waals surface area contributed by atoms with Crippen LogP contribution in [0.15, 0.2) is 12.4 Å². The van der Waals surface area contributed by atoms with Crippen LogP contribution in [0, 0.1) is 11.8 Å². The minimum absolute atomic E-state index is 0.0982. The van der Waals surface area contributed by atoms with Crippen molar-refractivity contribution in [1.82, 2.24) is 9.97 Å². The Labute approximate surface area is 110 Å². The van der Waals surface area contributed by atoms with E-state index in [0.29, 0.717) is 18.9 Å². The zero-order valence-corrected chi connectivity index (χ0v) is 10.7. The number of rotatable bonds is 4. The van der Waals surface area contributed by atoms with Gasteiger partial charge in [-0.3, -0.25) is 9.78 Å². The predicted molar refractivity (Wildman–Crippen MR) is 65.9 cm³/mol. The van der Waals surface area contributed by atoms with Crippen LogP contribution in [0.25, 0.3) is 0 Å². The molecule has 1 atom stereocenters. The van der Waals surface area contributed by atoms with Crippen molar-refractivity contribution in [3.8, 4) is 0 Å². The van der Waals surface area contributed by atoms with Gasteiger partial charge in [0.15, 0.2) is 5.69 Å². The van der Waals surface area contributed by atoms with Gasteiger partial charge < -0.3 is 14.7 Å². The summed E-state index contributed by atoms with van der Waals surface area (Å²) in [6, 6.07) is 0. The normalized spacial score (nSPS) is 16.6. The van der Waals surface area contributed by atoms with Crippen molar-refractivity contribution >= 4 is 17.8 Å². The van der Waals surface area contributed by atoms with Crippen molar-refractivity contribution < 1.29 is 19.4 Å². The van der Waals surface area contributed by atoms with Gasteiger partial charge in [0.05, 0.1) is 25.4 Å². The van der Waals surface area contributed by atoms with Crippen LogP contribution < -0.4 is 4.90 Å². The number of carbonyl (C=O) groups is 2. The van der Waals surface area contributed by atoms with E-state index in [2.05, 4.69) is 14.7 Å². The number of carboxylic acid groups (broad SMARTS) is 1. The first kappa shape index (κ1) is 13.3. The zero-order valence-electron chi connectivity index (χ0n) is 10.7. The molecule has 1 aromatic heterocycles. The van der Waals surface area contributed by atoms with Crippen LogP contribution in [0.5, 0.6) is 0 Å². The average molecular weight is 265 g/mol. The van der Waals surface area contributed by atoms with E-state index in [0.717, 1.165) is 0 Å². The summed E-state index contributed by atoms with van der Waals surface area (Å²) in [7, 11) is 1.28. The fraction of sp³-hybridized carbons (Fsp3) is 0.500. The molecule has 1 unspecified atom stereocenters. The molecule has 0 aliphatic carbocycles. The Balaban J connectivity index is 2.02. The minimum atomic E-state index is -0.793. The molecule has 1 fully saturated rings. The Hall–Kier alpha value is -2.18. The topological polar surface area (TPSA) is 92.6 Å². The summed E-state index contributed by atoms with van der Waals surface area (Å²) in [4.78, 5) is 32.2. The molecule has 0 aromatic carbocycles. The van der Waals surface area contributed by atoms with E-state index in [1.54, 1.807) is 13.1 Å². The van der Waals surface area contributed by atoms with Crippen LogP contribution in [0.2, 0.25) is 0 Å². The second-order valence-corrected chi connectivity index (χ2v) is 4.55. The number of aromatic nitrogens is 2. The van der Waals surface area contributed by atoms with Crippen molar-refractivity contribution in [3.05, 3.63) is 18.1 Å². The third-order valence-corrected chi connectivity index (χ3v) is 3.35. The first-order chi connectivity index (χ1) is 9.02. The molecule has 0 amide bonds. The smallest absolute Gasteiger partial charge is 0.358 e. The molecule has 7 heteroatoms. The molecule has 2 rings (SSSR count). The molecule has 0 radical (unpaired) electrons. The molecule has 0 saturated carbocycles. The standard InChI is InChI=1S/C12H15N3O4/c1-7(11(16)17)8-5-15(6-8)10-4-13-3-9(14-10)12(18)19-2/h3-4,7-8H,5-6H2,1-2H3,(H,16,17). The first-order valence-corrected chi connectivity index (χ1v) is 5.91. The van der Waals surface area contributed by atoms with E-state index in [1.165, 1.54) is 13.3 Å². The Morgan fingerprint density at radius 2 is 2.16 bits per heavy atom. The summed E-state index contributed by atoms with van der Waals surface area (Å²) in [5.74, 6) is -1.05. The number of hydrogen-bond acceptors (Lipinski definition) is 6. The van der Waals surface area contributed by atoms with E-state index in [4.69, 9.17) is 5.11 Å². The number of nitrogens with zero attached hydrogens (tertiary/aromatic N) is 3. The van der Waals surface area contributed by atoms with E-state index < -0.39 is 11.9 Å². The van der Waals surface area contributed by atoms with Gasteiger partial charge in [0.2, 0.25) is 0 Å². The molecular weight excluding hydrogens is 250 g/mol. The molecule has 2 heterocycles. The van der Waals surface area contributed by atoms with E-state index in [-0.39, 0.29) is 17.5 Å². The Kier molecular flexibility index (Phi) is 3.64. The van der Waals surface area contributed by atoms with Gasteiger partial charge in [0.1, 0.15) is 5.82 Å². The quantitative estimate of drug-likeness (QED) is 0.788. The summed E-state index contributed by atoms with van der Waals surface area (Å²) in [5.41, 5.74) is 0.148. The average Bonchev–Trinajstić information content (AvgIpc) is 2.36. The summed E-state index contributed by atoms with van der Waals surface area (Å²) in [6.45, 7) is 2.90. The van der Waals surface area contributed by atoms with Gasteiger partial charge in [-0.1, -0.05) is 6.92 Å². The lowest BCUT2D eigenvalue weighted by atomic mass is 9.87. The number of carboxylic acids is 1. The molecule has 1 aliphatic heterocycles. The molecule has 7 nitrogen and oxygen atoms in total. The maximum Gasteiger partial charge on any atom is 0.358 e. The van der Waals surface area contributed by atoms with Gasteiger partial charge in [-0.15, -0.1) is 0 Å². The van der Waals surface area contributed by atoms with Crippen LogP contribution in [-0.2, 0) is 9.53 Å². The minimum Gasteiger partial charge on any atom is -0.481 e.